The number of nitrogens with zero attached hydrogens (tertiary/aromatic N) is 2. The molecular weight excluding hydrogens is 330 g/mol. The van der Waals surface area contributed by atoms with E-state index in [4.69, 9.17) is 16.6 Å². The number of furan rings is 1. The molecule has 5 heteroatoms. The molecule has 1 aromatic carbocycles. The van der Waals surface area contributed by atoms with Gasteiger partial charge in [-0.3, -0.25) is 0 Å². The maximum absolute atomic E-state index is 5.78. The largest absolute Gasteiger partial charge is 0.467 e. The smallest absolute Gasteiger partial charge is 0.174 e. The number of hydrogen-bond acceptors (Lipinski definition) is 3. The molecule has 0 amide bonds. The standard InChI is InChI=1S/C20H29N3OS/c1-6-17-10-7-9-15(2)19(17)21-20(25)23(13-12-22(4)5)16(3)18-11-8-14-24-18/h7-11,14,16H,6,12-13H2,1-5H3,(H,21,25)/t16-/m1/s1. The molecule has 0 saturated carbocycles. The molecule has 0 aliphatic heterocycles. The Labute approximate surface area is 156 Å². The SMILES string of the molecule is CCc1cccc(C)c1NC(=S)N(CCN(C)C)[C@H](C)c1ccco1. The highest BCUT2D eigenvalue weighted by molar-refractivity contribution is 7.80. The Morgan fingerprint density at radius 2 is 1.96 bits per heavy atom. The molecule has 1 aromatic heterocycles. The summed E-state index contributed by atoms with van der Waals surface area (Å²) in [6, 6.07) is 10.4. The van der Waals surface area contributed by atoms with Gasteiger partial charge in [-0.05, 0) is 69.8 Å². The van der Waals surface area contributed by atoms with E-state index in [9.17, 15) is 0 Å². The van der Waals surface area contributed by atoms with Gasteiger partial charge in [0.1, 0.15) is 5.76 Å². The Hall–Kier alpha value is -1.85. The lowest BCUT2D eigenvalue weighted by molar-refractivity contribution is 0.263. The van der Waals surface area contributed by atoms with Gasteiger partial charge in [0.05, 0.1) is 12.3 Å². The fourth-order valence-corrected chi connectivity index (χ4v) is 3.19. The minimum Gasteiger partial charge on any atom is -0.467 e. The van der Waals surface area contributed by atoms with E-state index in [1.165, 1.54) is 11.1 Å². The van der Waals surface area contributed by atoms with E-state index < -0.39 is 0 Å². The molecule has 0 radical (unpaired) electrons. The van der Waals surface area contributed by atoms with E-state index in [1.54, 1.807) is 6.26 Å². The number of thiocarbonyl (C=S) groups is 1. The van der Waals surface area contributed by atoms with E-state index in [2.05, 4.69) is 68.2 Å². The summed E-state index contributed by atoms with van der Waals surface area (Å²) in [7, 11) is 4.14. The summed E-state index contributed by atoms with van der Waals surface area (Å²) in [5, 5.41) is 4.22. The third kappa shape index (κ3) is 5.06. The van der Waals surface area contributed by atoms with Crippen LogP contribution in [0, 0.1) is 6.92 Å². The summed E-state index contributed by atoms with van der Waals surface area (Å²) in [5.74, 6) is 0.920. The van der Waals surface area contributed by atoms with Crippen molar-refractivity contribution in [3.63, 3.8) is 0 Å². The molecule has 0 aliphatic carbocycles. The zero-order valence-electron chi connectivity index (χ0n) is 15.9. The molecule has 25 heavy (non-hydrogen) atoms. The van der Waals surface area contributed by atoms with Gasteiger partial charge in [-0.15, -0.1) is 0 Å². The lowest BCUT2D eigenvalue weighted by Crippen LogP contribution is -2.41. The predicted octanol–water partition coefficient (Wildman–Crippen LogP) is 4.47. The molecule has 0 fully saturated rings. The number of nitrogens with one attached hydrogen (secondary N) is 1. The van der Waals surface area contributed by atoms with Crippen molar-refractivity contribution in [2.75, 3.05) is 32.5 Å². The highest BCUT2D eigenvalue weighted by atomic mass is 32.1. The van der Waals surface area contributed by atoms with Crippen LogP contribution in [-0.2, 0) is 6.42 Å². The molecular formula is C20H29N3OS. The molecule has 2 rings (SSSR count). The second-order valence-electron chi connectivity index (χ2n) is 6.58. The Balaban J connectivity index is 2.23. The molecule has 0 unspecified atom stereocenters. The Morgan fingerprint density at radius 3 is 2.56 bits per heavy atom. The second kappa shape index (κ2) is 9.02. The first-order valence-electron chi connectivity index (χ1n) is 8.78. The van der Waals surface area contributed by atoms with Crippen LogP contribution in [0.2, 0.25) is 0 Å². The number of rotatable bonds is 7. The van der Waals surface area contributed by atoms with Crippen LogP contribution in [0.5, 0.6) is 0 Å². The Bertz CT molecular complexity index is 682. The van der Waals surface area contributed by atoms with E-state index in [0.717, 1.165) is 36.1 Å². The molecule has 1 N–H and O–H groups in total. The number of aryl methyl sites for hydroxylation is 2. The van der Waals surface area contributed by atoms with Crippen LogP contribution in [-0.4, -0.2) is 42.1 Å². The fourth-order valence-electron chi connectivity index (χ4n) is 2.84. The molecule has 4 nitrogen and oxygen atoms in total. The number of hydrogen-bond donors (Lipinski definition) is 1. The molecule has 1 heterocycles. The van der Waals surface area contributed by atoms with Gasteiger partial charge in [0.2, 0.25) is 0 Å². The number of anilines is 1. The van der Waals surface area contributed by atoms with Gasteiger partial charge < -0.3 is 19.5 Å². The topological polar surface area (TPSA) is 31.6 Å². The van der Waals surface area contributed by atoms with Crippen molar-refractivity contribution in [2.45, 2.75) is 33.2 Å². The zero-order valence-corrected chi connectivity index (χ0v) is 16.7. The Morgan fingerprint density at radius 1 is 1.20 bits per heavy atom. The van der Waals surface area contributed by atoms with Crippen molar-refractivity contribution in [1.29, 1.82) is 0 Å². The van der Waals surface area contributed by atoms with Crippen molar-refractivity contribution < 1.29 is 4.42 Å². The minimum atomic E-state index is 0.0732. The molecule has 136 valence electrons. The second-order valence-corrected chi connectivity index (χ2v) is 6.97. The lowest BCUT2D eigenvalue weighted by atomic mass is 10.1. The van der Waals surface area contributed by atoms with Crippen LogP contribution in [0.1, 0.15) is 36.8 Å². The molecule has 1 atom stereocenters. The monoisotopic (exact) mass is 359 g/mol. The average Bonchev–Trinajstić information content (AvgIpc) is 3.11. The maximum atomic E-state index is 5.78. The molecule has 0 saturated heterocycles. The quantitative estimate of drug-likeness (QED) is 0.737. The number of likely N-dealkylation sites (N-methyl/N-ethyl adjacent to an activating group) is 1. The van der Waals surface area contributed by atoms with E-state index in [1.807, 2.05) is 12.1 Å². The highest BCUT2D eigenvalue weighted by Crippen LogP contribution is 2.25. The maximum Gasteiger partial charge on any atom is 0.174 e. The van der Waals surface area contributed by atoms with E-state index in [0.29, 0.717) is 0 Å². The third-order valence-corrected chi connectivity index (χ3v) is 4.78. The molecule has 0 bridgehead atoms. The van der Waals surface area contributed by atoms with E-state index >= 15 is 0 Å². The first kappa shape index (κ1) is 19.5. The summed E-state index contributed by atoms with van der Waals surface area (Å²) in [6.07, 6.45) is 2.68. The van der Waals surface area contributed by atoms with Crippen molar-refractivity contribution >= 4 is 23.0 Å². The number of benzene rings is 1. The van der Waals surface area contributed by atoms with Crippen LogP contribution >= 0.6 is 12.2 Å². The van der Waals surface area contributed by atoms with Crippen LogP contribution in [0.25, 0.3) is 0 Å². The molecule has 0 aliphatic rings. The molecule has 2 aromatic rings. The summed E-state index contributed by atoms with van der Waals surface area (Å²) >= 11 is 5.78. The van der Waals surface area contributed by atoms with Crippen LogP contribution < -0.4 is 5.32 Å². The van der Waals surface area contributed by atoms with Gasteiger partial charge in [-0.2, -0.15) is 0 Å². The summed E-state index contributed by atoms with van der Waals surface area (Å²) in [6.45, 7) is 8.15. The summed E-state index contributed by atoms with van der Waals surface area (Å²) < 4.78 is 5.61. The predicted molar refractivity (Wildman–Crippen MR) is 109 cm³/mol. The van der Waals surface area contributed by atoms with Gasteiger partial charge in [0.25, 0.3) is 0 Å². The van der Waals surface area contributed by atoms with Gasteiger partial charge in [-0.25, -0.2) is 0 Å². The van der Waals surface area contributed by atoms with E-state index in [-0.39, 0.29) is 6.04 Å². The zero-order chi connectivity index (χ0) is 18.4. The first-order chi connectivity index (χ1) is 11.9. The molecule has 0 spiro atoms. The fraction of sp³-hybridized carbons (Fsp3) is 0.450. The van der Waals surface area contributed by atoms with Gasteiger partial charge in [0, 0.05) is 18.8 Å². The van der Waals surface area contributed by atoms with Crippen molar-refractivity contribution in [1.82, 2.24) is 9.80 Å². The van der Waals surface area contributed by atoms with Crippen molar-refractivity contribution in [3.8, 4) is 0 Å². The summed E-state index contributed by atoms with van der Waals surface area (Å²) in [5.41, 5.74) is 3.61. The van der Waals surface area contributed by atoms with Gasteiger partial charge in [0.15, 0.2) is 5.11 Å². The lowest BCUT2D eigenvalue weighted by Gasteiger charge is -2.32. The average molecular weight is 360 g/mol. The van der Waals surface area contributed by atoms with Crippen LogP contribution in [0.15, 0.2) is 41.0 Å². The van der Waals surface area contributed by atoms with Crippen LogP contribution in [0.4, 0.5) is 5.69 Å². The number of para-hydroxylation sites is 1. The van der Waals surface area contributed by atoms with Crippen molar-refractivity contribution in [3.05, 3.63) is 53.5 Å². The van der Waals surface area contributed by atoms with Crippen LogP contribution in [0.3, 0.4) is 0 Å². The summed E-state index contributed by atoms with van der Waals surface area (Å²) in [4.78, 5) is 4.36. The normalized spacial score (nSPS) is 12.2. The first-order valence-corrected chi connectivity index (χ1v) is 9.19. The van der Waals surface area contributed by atoms with Gasteiger partial charge >= 0.3 is 0 Å². The van der Waals surface area contributed by atoms with Gasteiger partial charge in [-0.1, -0.05) is 25.1 Å². The van der Waals surface area contributed by atoms with Crippen molar-refractivity contribution in [2.24, 2.45) is 0 Å². The minimum absolute atomic E-state index is 0.0732. The third-order valence-electron chi connectivity index (χ3n) is 4.44. The Kier molecular flexibility index (Phi) is 7.02. The highest BCUT2D eigenvalue weighted by Gasteiger charge is 2.21.